The lowest BCUT2D eigenvalue weighted by Crippen LogP contribution is -2.33. The smallest absolute Gasteiger partial charge is 0.253 e. The Hall–Kier alpha value is -2.57. The fraction of sp³-hybridized carbons (Fsp3) is 0.417. The van der Waals surface area contributed by atoms with Crippen LogP contribution >= 0.6 is 11.6 Å². The Bertz CT molecular complexity index is 870. The van der Waals surface area contributed by atoms with Gasteiger partial charge in [0.25, 0.3) is 5.91 Å². The highest BCUT2D eigenvalue weighted by molar-refractivity contribution is 6.32. The molecule has 1 saturated heterocycles. The Balaban J connectivity index is 1.77. The topological polar surface area (TPSA) is 70.7 Å². The number of nitrogens with zero attached hydrogens (tertiary/aromatic N) is 1. The predicted octanol–water partition coefficient (Wildman–Crippen LogP) is 4.36. The number of halogens is 1. The van der Waals surface area contributed by atoms with Crippen LogP contribution in [0.1, 0.15) is 47.0 Å². The highest BCUT2D eigenvalue weighted by Crippen LogP contribution is 2.28. The quantitative estimate of drug-likeness (QED) is 0.446. The van der Waals surface area contributed by atoms with Crippen LogP contribution in [0, 0.1) is 0 Å². The number of nitrogens with one attached hydrogen (secondary N) is 2. The van der Waals surface area contributed by atoms with Crippen LogP contribution in [-0.4, -0.2) is 45.2 Å². The highest BCUT2D eigenvalue weighted by atomic mass is 35.5. The first kappa shape index (κ1) is 23.1. The third-order valence-corrected chi connectivity index (χ3v) is 5.79. The van der Waals surface area contributed by atoms with Crippen LogP contribution in [0.15, 0.2) is 48.5 Å². The predicted molar refractivity (Wildman–Crippen MR) is 125 cm³/mol. The Morgan fingerprint density at radius 1 is 1.10 bits per heavy atom. The van der Waals surface area contributed by atoms with Gasteiger partial charge in [0.15, 0.2) is 0 Å². The molecule has 0 bridgehead atoms. The number of hydrogen-bond acceptors (Lipinski definition) is 4. The zero-order valence-electron chi connectivity index (χ0n) is 17.9. The van der Waals surface area contributed by atoms with E-state index in [4.69, 9.17) is 16.3 Å². The van der Waals surface area contributed by atoms with Gasteiger partial charge in [-0.3, -0.25) is 9.59 Å². The number of carbonyl (C=O) groups is 2. The van der Waals surface area contributed by atoms with Crippen molar-refractivity contribution in [2.24, 2.45) is 0 Å². The summed E-state index contributed by atoms with van der Waals surface area (Å²) in [5, 5.41) is 5.00. The second kappa shape index (κ2) is 11.7. The van der Waals surface area contributed by atoms with Gasteiger partial charge >= 0.3 is 0 Å². The average Bonchev–Trinajstić information content (AvgIpc) is 2.82. The molecule has 2 aromatic carbocycles. The Morgan fingerprint density at radius 2 is 1.84 bits per heavy atom. The van der Waals surface area contributed by atoms with Crippen molar-refractivity contribution in [3.8, 4) is 0 Å². The van der Waals surface area contributed by atoms with E-state index >= 15 is 0 Å². The van der Waals surface area contributed by atoms with Crippen LogP contribution in [-0.2, 0) is 9.53 Å². The van der Waals surface area contributed by atoms with Crippen molar-refractivity contribution >= 4 is 34.8 Å². The monoisotopic (exact) mass is 443 g/mol. The van der Waals surface area contributed by atoms with Crippen LogP contribution < -0.4 is 15.5 Å². The van der Waals surface area contributed by atoms with Gasteiger partial charge in [-0.2, -0.15) is 0 Å². The molecule has 2 N–H and O–H groups in total. The van der Waals surface area contributed by atoms with Crippen molar-refractivity contribution in [2.45, 2.75) is 31.1 Å². The van der Waals surface area contributed by atoms with Crippen LogP contribution in [0.5, 0.6) is 0 Å². The SMILES string of the molecule is COCCCNC(=O)c1cc(NC(=O)C(Cl)c2ccccc2)ccc1N1CCCCC1. The van der Waals surface area contributed by atoms with E-state index in [1.165, 1.54) is 6.42 Å². The second-order valence-electron chi connectivity index (χ2n) is 7.64. The summed E-state index contributed by atoms with van der Waals surface area (Å²) in [6.45, 7) is 2.97. The number of alkyl halides is 1. The van der Waals surface area contributed by atoms with Crippen molar-refractivity contribution in [2.75, 3.05) is 43.6 Å². The molecule has 1 aliphatic rings. The van der Waals surface area contributed by atoms with Crippen LogP contribution in [0.2, 0.25) is 0 Å². The molecule has 0 radical (unpaired) electrons. The number of methoxy groups -OCH3 is 1. The standard InChI is InChI=1S/C24H30ClN3O3/c1-31-16-8-13-26-23(29)20-17-19(11-12-21(20)28-14-6-3-7-15-28)27-24(30)22(25)18-9-4-2-5-10-18/h2,4-5,9-12,17,22H,3,6-8,13-16H2,1H3,(H,26,29)(H,27,30). The Kier molecular flexibility index (Phi) is 8.74. The summed E-state index contributed by atoms with van der Waals surface area (Å²) in [7, 11) is 1.64. The van der Waals surface area contributed by atoms with Crippen molar-refractivity contribution in [1.82, 2.24) is 5.32 Å². The fourth-order valence-corrected chi connectivity index (χ4v) is 3.90. The first-order chi connectivity index (χ1) is 15.1. The molecule has 3 rings (SSSR count). The fourth-order valence-electron chi connectivity index (χ4n) is 3.70. The molecule has 0 aliphatic carbocycles. The van der Waals surface area contributed by atoms with E-state index in [0.29, 0.717) is 24.4 Å². The van der Waals surface area contributed by atoms with Gasteiger partial charge in [-0.1, -0.05) is 30.3 Å². The maximum atomic E-state index is 12.9. The van der Waals surface area contributed by atoms with Gasteiger partial charge in [-0.05, 0) is 49.4 Å². The molecule has 2 amide bonds. The molecule has 1 fully saturated rings. The van der Waals surface area contributed by atoms with Crippen molar-refractivity contribution in [1.29, 1.82) is 0 Å². The zero-order chi connectivity index (χ0) is 22.1. The van der Waals surface area contributed by atoms with E-state index in [0.717, 1.165) is 43.6 Å². The van der Waals surface area contributed by atoms with Crippen LogP contribution in [0.25, 0.3) is 0 Å². The number of carbonyl (C=O) groups excluding carboxylic acids is 2. The summed E-state index contributed by atoms with van der Waals surface area (Å²) in [6.07, 6.45) is 4.17. The number of ether oxygens (including phenoxy) is 1. The maximum absolute atomic E-state index is 12.9. The molecular formula is C24H30ClN3O3. The first-order valence-electron chi connectivity index (χ1n) is 10.8. The summed E-state index contributed by atoms with van der Waals surface area (Å²) < 4.78 is 5.05. The number of hydrogen-bond donors (Lipinski definition) is 2. The Labute approximate surface area is 188 Å². The molecule has 1 heterocycles. The molecule has 0 spiro atoms. The molecule has 31 heavy (non-hydrogen) atoms. The van der Waals surface area contributed by atoms with E-state index in [1.807, 2.05) is 42.5 Å². The summed E-state index contributed by atoms with van der Waals surface area (Å²) >= 11 is 6.35. The molecule has 166 valence electrons. The molecule has 6 nitrogen and oxygen atoms in total. The first-order valence-corrected chi connectivity index (χ1v) is 11.2. The minimum Gasteiger partial charge on any atom is -0.385 e. The van der Waals surface area contributed by atoms with Crippen LogP contribution in [0.3, 0.4) is 0 Å². The lowest BCUT2D eigenvalue weighted by molar-refractivity contribution is -0.116. The van der Waals surface area contributed by atoms with Gasteiger partial charge < -0.3 is 20.3 Å². The van der Waals surface area contributed by atoms with E-state index < -0.39 is 5.38 Å². The lowest BCUT2D eigenvalue weighted by atomic mass is 10.1. The summed E-state index contributed by atoms with van der Waals surface area (Å²) in [4.78, 5) is 27.8. The van der Waals surface area contributed by atoms with Gasteiger partial charge in [0.05, 0.1) is 5.56 Å². The summed E-state index contributed by atoms with van der Waals surface area (Å²) in [5.74, 6) is -0.483. The number of piperidine rings is 1. The summed E-state index contributed by atoms with van der Waals surface area (Å²) in [5.41, 5.74) is 2.73. The minimum absolute atomic E-state index is 0.154. The Morgan fingerprint density at radius 3 is 2.55 bits per heavy atom. The molecule has 0 saturated carbocycles. The van der Waals surface area contributed by atoms with Gasteiger partial charge in [-0.15, -0.1) is 11.6 Å². The van der Waals surface area contributed by atoms with Gasteiger partial charge in [-0.25, -0.2) is 0 Å². The van der Waals surface area contributed by atoms with Gasteiger partial charge in [0, 0.05) is 44.7 Å². The van der Waals surface area contributed by atoms with E-state index in [1.54, 1.807) is 13.2 Å². The van der Waals surface area contributed by atoms with Crippen molar-refractivity contribution in [3.63, 3.8) is 0 Å². The highest BCUT2D eigenvalue weighted by Gasteiger charge is 2.21. The third kappa shape index (κ3) is 6.45. The third-order valence-electron chi connectivity index (χ3n) is 5.34. The van der Waals surface area contributed by atoms with Gasteiger partial charge in [0.1, 0.15) is 5.38 Å². The molecule has 0 aromatic heterocycles. The molecule has 7 heteroatoms. The van der Waals surface area contributed by atoms with Crippen molar-refractivity contribution in [3.05, 3.63) is 59.7 Å². The minimum atomic E-state index is -0.811. The number of anilines is 2. The lowest BCUT2D eigenvalue weighted by Gasteiger charge is -2.30. The van der Waals surface area contributed by atoms with Crippen molar-refractivity contribution < 1.29 is 14.3 Å². The molecular weight excluding hydrogens is 414 g/mol. The zero-order valence-corrected chi connectivity index (χ0v) is 18.7. The van der Waals surface area contributed by atoms with E-state index in [2.05, 4.69) is 15.5 Å². The van der Waals surface area contributed by atoms with Gasteiger partial charge in [0.2, 0.25) is 5.91 Å². The maximum Gasteiger partial charge on any atom is 0.253 e. The normalized spacial score (nSPS) is 14.7. The van der Waals surface area contributed by atoms with E-state index in [9.17, 15) is 9.59 Å². The number of amides is 2. The second-order valence-corrected chi connectivity index (χ2v) is 8.08. The number of rotatable bonds is 9. The molecule has 1 unspecified atom stereocenters. The van der Waals surface area contributed by atoms with Crippen LogP contribution in [0.4, 0.5) is 11.4 Å². The molecule has 1 aliphatic heterocycles. The largest absolute Gasteiger partial charge is 0.385 e. The summed E-state index contributed by atoms with van der Waals surface area (Å²) in [6, 6.07) is 14.7. The number of benzene rings is 2. The van der Waals surface area contributed by atoms with E-state index in [-0.39, 0.29) is 11.8 Å². The molecule has 2 aromatic rings. The molecule has 1 atom stereocenters. The average molecular weight is 444 g/mol.